The molecule has 3 N–H and O–H groups in total. The van der Waals surface area contributed by atoms with Gasteiger partial charge in [0, 0.05) is 11.4 Å². The maximum Gasteiger partial charge on any atom is 0.265 e. The van der Waals surface area contributed by atoms with E-state index < -0.39 is 11.5 Å². The fourth-order valence-electron chi connectivity index (χ4n) is 3.93. The molecule has 2 heterocycles. The van der Waals surface area contributed by atoms with E-state index >= 15 is 0 Å². The van der Waals surface area contributed by atoms with E-state index in [4.69, 9.17) is 0 Å². The van der Waals surface area contributed by atoms with Crippen molar-refractivity contribution in [1.82, 2.24) is 10.3 Å². The summed E-state index contributed by atoms with van der Waals surface area (Å²) in [6, 6.07) is 10.0. The molecule has 0 fully saturated rings. The minimum atomic E-state index is -0.530. The molecule has 1 aliphatic rings. The molecule has 1 atom stereocenters. The van der Waals surface area contributed by atoms with Crippen LogP contribution in [-0.4, -0.2) is 22.5 Å². The first-order valence-electron chi connectivity index (χ1n) is 9.76. The Morgan fingerprint density at radius 3 is 2.89 bits per heavy atom. The van der Waals surface area contributed by atoms with Crippen LogP contribution >= 0.6 is 11.3 Å². The number of benzene rings is 1. The number of aromatic amines is 1. The summed E-state index contributed by atoms with van der Waals surface area (Å²) in [5.74, 6) is -0.0917. The number of aromatic nitrogens is 1. The Morgan fingerprint density at radius 1 is 1.32 bits per heavy atom. The molecular weight excluding hydrogens is 372 g/mol. The molecule has 0 bridgehead atoms. The van der Waals surface area contributed by atoms with Crippen molar-refractivity contribution in [2.45, 2.75) is 39.0 Å². The predicted molar refractivity (Wildman–Crippen MR) is 112 cm³/mol. The second-order valence-corrected chi connectivity index (χ2v) is 8.68. The van der Waals surface area contributed by atoms with Crippen molar-refractivity contribution in [3.05, 3.63) is 62.3 Å². The van der Waals surface area contributed by atoms with Gasteiger partial charge in [0.05, 0.1) is 5.39 Å². The van der Waals surface area contributed by atoms with Crippen molar-refractivity contribution in [3.63, 3.8) is 0 Å². The van der Waals surface area contributed by atoms with Gasteiger partial charge in [-0.25, -0.2) is 0 Å². The monoisotopic (exact) mass is 396 g/mol. The Kier molecular flexibility index (Phi) is 5.22. The molecule has 2 aromatic heterocycles. The summed E-state index contributed by atoms with van der Waals surface area (Å²) in [5.41, 5.74) is 1.59. The fourth-order valence-corrected chi connectivity index (χ4v) is 5.33. The van der Waals surface area contributed by atoms with Crippen LogP contribution in [0.2, 0.25) is 0 Å². The minimum absolute atomic E-state index is 0.175. The SMILES string of the molecule is C[C@H]1CCc2c(sc3[nH]c(=O)c(C(=O)NCCCc4ccccc4)c(O)c23)C1. The number of H-pyrrole nitrogens is 1. The van der Waals surface area contributed by atoms with Crippen LogP contribution in [0.15, 0.2) is 35.1 Å². The first kappa shape index (κ1) is 18.7. The number of hydrogen-bond donors (Lipinski definition) is 3. The standard InChI is InChI=1S/C22H24N2O3S/c1-13-9-10-15-16(12-13)28-22-17(15)19(25)18(21(27)24-22)20(26)23-11-5-8-14-6-3-2-4-7-14/h2-4,6-7,13H,5,8-12H2,1H3,(H,23,26)(H2,24,25,27)/t13-/m0/s1. The van der Waals surface area contributed by atoms with Crippen LogP contribution in [0.5, 0.6) is 5.75 Å². The van der Waals surface area contributed by atoms with Crippen molar-refractivity contribution in [3.8, 4) is 5.75 Å². The average Bonchev–Trinajstić information content (AvgIpc) is 3.03. The molecule has 0 aliphatic heterocycles. The second kappa shape index (κ2) is 7.80. The van der Waals surface area contributed by atoms with Gasteiger partial charge in [-0.1, -0.05) is 37.3 Å². The molecule has 0 saturated heterocycles. The van der Waals surface area contributed by atoms with Gasteiger partial charge in [0.2, 0.25) is 0 Å². The molecule has 0 unspecified atom stereocenters. The largest absolute Gasteiger partial charge is 0.506 e. The number of rotatable bonds is 5. The van der Waals surface area contributed by atoms with Crippen molar-refractivity contribution in [2.75, 3.05) is 6.54 Å². The molecule has 4 rings (SSSR count). The summed E-state index contributed by atoms with van der Waals surface area (Å²) in [7, 11) is 0. The van der Waals surface area contributed by atoms with Gasteiger partial charge in [-0.15, -0.1) is 11.3 Å². The zero-order valence-corrected chi connectivity index (χ0v) is 16.7. The number of hydrogen-bond acceptors (Lipinski definition) is 4. The number of amides is 1. The third kappa shape index (κ3) is 3.56. The molecule has 1 aromatic carbocycles. The molecule has 6 heteroatoms. The number of fused-ring (bicyclic) bond motifs is 3. The maximum absolute atomic E-state index is 12.6. The van der Waals surface area contributed by atoms with E-state index in [1.807, 2.05) is 30.3 Å². The predicted octanol–water partition coefficient (Wildman–Crippen LogP) is 3.78. The van der Waals surface area contributed by atoms with E-state index in [1.54, 1.807) is 0 Å². The Labute approximate surface area is 167 Å². The van der Waals surface area contributed by atoms with Crippen molar-refractivity contribution >= 4 is 27.5 Å². The number of pyridine rings is 1. The van der Waals surface area contributed by atoms with Gasteiger partial charge < -0.3 is 15.4 Å². The number of carbonyl (C=O) groups is 1. The third-order valence-electron chi connectivity index (χ3n) is 5.44. The molecular formula is C22H24N2O3S. The molecule has 0 spiro atoms. The molecule has 1 aliphatic carbocycles. The summed E-state index contributed by atoms with van der Waals surface area (Å²) in [5, 5.41) is 14.2. The Balaban J connectivity index is 1.53. The smallest absolute Gasteiger partial charge is 0.265 e. The van der Waals surface area contributed by atoms with Crippen LogP contribution in [0.1, 0.15) is 46.1 Å². The van der Waals surface area contributed by atoms with E-state index in [9.17, 15) is 14.7 Å². The summed E-state index contributed by atoms with van der Waals surface area (Å²) < 4.78 is 0. The van der Waals surface area contributed by atoms with Gasteiger partial charge in [-0.2, -0.15) is 0 Å². The van der Waals surface area contributed by atoms with Crippen LogP contribution in [0.25, 0.3) is 10.2 Å². The van der Waals surface area contributed by atoms with Gasteiger partial charge >= 0.3 is 0 Å². The van der Waals surface area contributed by atoms with Gasteiger partial charge in [-0.3, -0.25) is 9.59 Å². The fraction of sp³-hybridized carbons (Fsp3) is 0.364. The number of aromatic hydroxyl groups is 1. The lowest BCUT2D eigenvalue weighted by atomic mass is 9.89. The van der Waals surface area contributed by atoms with Crippen LogP contribution in [-0.2, 0) is 19.3 Å². The van der Waals surface area contributed by atoms with Gasteiger partial charge in [0.1, 0.15) is 16.1 Å². The Hall–Kier alpha value is -2.60. The topological polar surface area (TPSA) is 82.2 Å². The van der Waals surface area contributed by atoms with Gasteiger partial charge in [0.15, 0.2) is 0 Å². The van der Waals surface area contributed by atoms with Crippen LogP contribution in [0.3, 0.4) is 0 Å². The maximum atomic E-state index is 12.6. The molecule has 0 radical (unpaired) electrons. The molecule has 5 nitrogen and oxygen atoms in total. The van der Waals surface area contributed by atoms with E-state index in [0.29, 0.717) is 22.7 Å². The Morgan fingerprint density at radius 2 is 2.11 bits per heavy atom. The first-order valence-corrected chi connectivity index (χ1v) is 10.6. The van der Waals surface area contributed by atoms with E-state index in [0.717, 1.165) is 37.7 Å². The quantitative estimate of drug-likeness (QED) is 0.574. The van der Waals surface area contributed by atoms with Crippen molar-refractivity contribution < 1.29 is 9.90 Å². The van der Waals surface area contributed by atoms with Crippen molar-refractivity contribution in [1.29, 1.82) is 0 Å². The zero-order valence-electron chi connectivity index (χ0n) is 15.9. The lowest BCUT2D eigenvalue weighted by molar-refractivity contribution is 0.0949. The average molecular weight is 397 g/mol. The Bertz CT molecular complexity index is 1070. The molecule has 3 aromatic rings. The van der Waals surface area contributed by atoms with E-state index in [1.165, 1.54) is 21.8 Å². The number of aryl methyl sites for hydroxylation is 2. The highest BCUT2D eigenvalue weighted by molar-refractivity contribution is 7.18. The third-order valence-corrected chi connectivity index (χ3v) is 6.61. The number of carbonyl (C=O) groups excluding carboxylic acids is 1. The summed E-state index contributed by atoms with van der Waals surface area (Å²) in [6.07, 6.45) is 4.49. The molecule has 146 valence electrons. The normalized spacial score (nSPS) is 16.1. The van der Waals surface area contributed by atoms with Crippen molar-refractivity contribution in [2.24, 2.45) is 5.92 Å². The second-order valence-electron chi connectivity index (χ2n) is 7.58. The van der Waals surface area contributed by atoms with E-state index in [2.05, 4.69) is 17.2 Å². The molecule has 0 saturated carbocycles. The van der Waals surface area contributed by atoms with Crippen LogP contribution in [0, 0.1) is 5.92 Å². The highest BCUT2D eigenvalue weighted by Crippen LogP contribution is 2.41. The van der Waals surface area contributed by atoms with Crippen LogP contribution in [0.4, 0.5) is 0 Å². The zero-order chi connectivity index (χ0) is 19.7. The summed E-state index contributed by atoms with van der Waals surface area (Å²) >= 11 is 1.52. The first-order chi connectivity index (χ1) is 13.5. The highest BCUT2D eigenvalue weighted by atomic mass is 32.1. The highest BCUT2D eigenvalue weighted by Gasteiger charge is 2.26. The number of thiophene rings is 1. The molecule has 28 heavy (non-hydrogen) atoms. The van der Waals surface area contributed by atoms with E-state index in [-0.39, 0.29) is 11.3 Å². The summed E-state index contributed by atoms with van der Waals surface area (Å²) in [4.78, 5) is 29.7. The lowest BCUT2D eigenvalue weighted by Crippen LogP contribution is -2.30. The number of nitrogens with one attached hydrogen (secondary N) is 2. The van der Waals surface area contributed by atoms with Gasteiger partial charge in [0.25, 0.3) is 11.5 Å². The summed E-state index contributed by atoms with van der Waals surface area (Å²) in [6.45, 7) is 2.66. The molecule has 1 amide bonds. The van der Waals surface area contributed by atoms with Gasteiger partial charge in [-0.05, 0) is 49.1 Å². The minimum Gasteiger partial charge on any atom is -0.506 e. The lowest BCUT2D eigenvalue weighted by Gasteiger charge is -2.18. The van der Waals surface area contributed by atoms with Crippen LogP contribution < -0.4 is 10.9 Å².